The van der Waals surface area contributed by atoms with Crippen molar-refractivity contribution in [1.29, 1.82) is 0 Å². The molecule has 16 heavy (non-hydrogen) atoms. The monoisotopic (exact) mass is 225 g/mol. The molecule has 0 heterocycles. The molecule has 0 spiro atoms. The SMILES string of the molecule is CCCC1CC1NCc1cc(F)cc(F)c1. The highest BCUT2D eigenvalue weighted by molar-refractivity contribution is 5.18. The van der Waals surface area contributed by atoms with E-state index >= 15 is 0 Å². The summed E-state index contributed by atoms with van der Waals surface area (Å²) in [6, 6.07) is 4.22. The van der Waals surface area contributed by atoms with Gasteiger partial charge in [0.05, 0.1) is 0 Å². The number of benzene rings is 1. The van der Waals surface area contributed by atoms with Gasteiger partial charge in [-0.3, -0.25) is 0 Å². The minimum atomic E-state index is -0.502. The highest BCUT2D eigenvalue weighted by Gasteiger charge is 2.35. The third-order valence-electron chi connectivity index (χ3n) is 3.07. The largest absolute Gasteiger partial charge is 0.310 e. The van der Waals surface area contributed by atoms with Crippen molar-refractivity contribution in [3.8, 4) is 0 Å². The van der Waals surface area contributed by atoms with Gasteiger partial charge in [0.25, 0.3) is 0 Å². The Morgan fingerprint density at radius 1 is 1.25 bits per heavy atom. The molecule has 2 unspecified atom stereocenters. The molecule has 1 nitrogen and oxygen atoms in total. The molecule has 3 heteroatoms. The summed E-state index contributed by atoms with van der Waals surface area (Å²) in [7, 11) is 0. The average Bonchev–Trinajstić information content (AvgIpc) is 2.93. The van der Waals surface area contributed by atoms with E-state index in [1.165, 1.54) is 31.4 Å². The second kappa shape index (κ2) is 4.91. The molecule has 2 atom stereocenters. The third-order valence-corrected chi connectivity index (χ3v) is 3.07. The van der Waals surface area contributed by atoms with E-state index in [2.05, 4.69) is 12.2 Å². The Labute approximate surface area is 94.9 Å². The van der Waals surface area contributed by atoms with Crippen LogP contribution in [0.1, 0.15) is 31.7 Å². The Morgan fingerprint density at radius 3 is 2.56 bits per heavy atom. The maximum absolute atomic E-state index is 12.9. The molecule has 1 aromatic carbocycles. The van der Waals surface area contributed by atoms with Crippen LogP contribution in [0.4, 0.5) is 8.78 Å². The molecule has 1 aromatic rings. The smallest absolute Gasteiger partial charge is 0.126 e. The van der Waals surface area contributed by atoms with E-state index in [0.29, 0.717) is 18.2 Å². The Balaban J connectivity index is 1.82. The summed E-state index contributed by atoms with van der Waals surface area (Å²) in [5.74, 6) is -0.237. The standard InChI is InChI=1S/C13H17F2N/c1-2-3-10-6-13(10)16-8-9-4-11(14)7-12(15)5-9/h4-5,7,10,13,16H,2-3,6,8H2,1H3. The molecule has 1 saturated carbocycles. The van der Waals surface area contributed by atoms with E-state index in [9.17, 15) is 8.78 Å². The van der Waals surface area contributed by atoms with Crippen LogP contribution in [0.5, 0.6) is 0 Å². The van der Waals surface area contributed by atoms with Crippen molar-refractivity contribution in [3.63, 3.8) is 0 Å². The summed E-state index contributed by atoms with van der Waals surface area (Å²) < 4.78 is 25.8. The summed E-state index contributed by atoms with van der Waals surface area (Å²) in [6.07, 6.45) is 3.65. The Hall–Kier alpha value is -0.960. The molecule has 0 aliphatic heterocycles. The van der Waals surface area contributed by atoms with E-state index in [4.69, 9.17) is 0 Å². The van der Waals surface area contributed by atoms with Gasteiger partial charge in [0.2, 0.25) is 0 Å². The summed E-state index contributed by atoms with van der Waals surface area (Å²) >= 11 is 0. The van der Waals surface area contributed by atoms with E-state index < -0.39 is 11.6 Å². The molecule has 0 amide bonds. The molecule has 1 fully saturated rings. The normalized spacial score (nSPS) is 23.4. The van der Waals surface area contributed by atoms with E-state index in [-0.39, 0.29) is 0 Å². The minimum absolute atomic E-state index is 0.502. The van der Waals surface area contributed by atoms with Crippen LogP contribution in [0.3, 0.4) is 0 Å². The molecule has 88 valence electrons. The first kappa shape index (κ1) is 11.5. The van der Waals surface area contributed by atoms with Crippen LogP contribution < -0.4 is 5.32 Å². The van der Waals surface area contributed by atoms with Gasteiger partial charge in [-0.1, -0.05) is 13.3 Å². The van der Waals surface area contributed by atoms with E-state index in [1.807, 2.05) is 0 Å². The van der Waals surface area contributed by atoms with Crippen molar-refractivity contribution in [2.75, 3.05) is 0 Å². The lowest BCUT2D eigenvalue weighted by molar-refractivity contribution is 0.567. The number of hydrogen-bond donors (Lipinski definition) is 1. The minimum Gasteiger partial charge on any atom is -0.310 e. The molecule has 2 rings (SSSR count). The lowest BCUT2D eigenvalue weighted by atomic mass is 10.2. The Morgan fingerprint density at radius 2 is 1.94 bits per heavy atom. The van der Waals surface area contributed by atoms with E-state index in [0.717, 1.165) is 12.0 Å². The van der Waals surface area contributed by atoms with Crippen LogP contribution in [0.15, 0.2) is 18.2 Å². The summed E-state index contributed by atoms with van der Waals surface area (Å²) in [4.78, 5) is 0. The Kier molecular flexibility index (Phi) is 3.54. The van der Waals surface area contributed by atoms with Crippen molar-refractivity contribution >= 4 is 0 Å². The van der Waals surface area contributed by atoms with Crippen LogP contribution >= 0.6 is 0 Å². The molecule has 1 N–H and O–H groups in total. The summed E-state index contributed by atoms with van der Waals surface area (Å²) in [5.41, 5.74) is 0.680. The van der Waals surface area contributed by atoms with Gasteiger partial charge in [-0.15, -0.1) is 0 Å². The van der Waals surface area contributed by atoms with Gasteiger partial charge in [0, 0.05) is 18.7 Å². The number of rotatable bonds is 5. The van der Waals surface area contributed by atoms with Crippen molar-refractivity contribution in [3.05, 3.63) is 35.4 Å². The lowest BCUT2D eigenvalue weighted by Gasteiger charge is -2.04. The first-order chi connectivity index (χ1) is 7.69. The van der Waals surface area contributed by atoms with Gasteiger partial charge in [-0.25, -0.2) is 8.78 Å². The predicted octanol–water partition coefficient (Wildman–Crippen LogP) is 3.24. The van der Waals surface area contributed by atoms with E-state index in [1.54, 1.807) is 0 Å². The summed E-state index contributed by atoms with van der Waals surface area (Å²) in [5, 5.41) is 3.33. The van der Waals surface area contributed by atoms with Gasteiger partial charge >= 0.3 is 0 Å². The fourth-order valence-corrected chi connectivity index (χ4v) is 2.15. The topological polar surface area (TPSA) is 12.0 Å². The lowest BCUT2D eigenvalue weighted by Crippen LogP contribution is -2.17. The molecule has 1 aliphatic carbocycles. The molecular formula is C13H17F2N. The highest BCUT2D eigenvalue weighted by Crippen LogP contribution is 2.34. The average molecular weight is 225 g/mol. The quantitative estimate of drug-likeness (QED) is 0.811. The maximum atomic E-state index is 12.9. The second-order valence-corrected chi connectivity index (χ2v) is 4.55. The second-order valence-electron chi connectivity index (χ2n) is 4.55. The highest BCUT2D eigenvalue weighted by atomic mass is 19.1. The molecule has 0 saturated heterocycles. The zero-order chi connectivity index (χ0) is 11.5. The fraction of sp³-hybridized carbons (Fsp3) is 0.538. The van der Waals surface area contributed by atoms with Gasteiger partial charge in [0.1, 0.15) is 11.6 Å². The van der Waals surface area contributed by atoms with Crippen LogP contribution in [0.25, 0.3) is 0 Å². The number of halogens is 2. The number of nitrogens with one attached hydrogen (secondary N) is 1. The predicted molar refractivity (Wildman–Crippen MR) is 60.0 cm³/mol. The van der Waals surface area contributed by atoms with Crippen LogP contribution in [-0.2, 0) is 6.54 Å². The third kappa shape index (κ3) is 3.01. The van der Waals surface area contributed by atoms with Gasteiger partial charge < -0.3 is 5.32 Å². The van der Waals surface area contributed by atoms with Crippen LogP contribution in [-0.4, -0.2) is 6.04 Å². The van der Waals surface area contributed by atoms with Crippen LogP contribution in [0, 0.1) is 17.6 Å². The van der Waals surface area contributed by atoms with Crippen molar-refractivity contribution < 1.29 is 8.78 Å². The molecular weight excluding hydrogens is 208 g/mol. The van der Waals surface area contributed by atoms with Crippen molar-refractivity contribution in [1.82, 2.24) is 5.32 Å². The Bertz CT molecular complexity index is 345. The molecule has 0 aromatic heterocycles. The van der Waals surface area contributed by atoms with Crippen molar-refractivity contribution in [2.45, 2.75) is 38.8 Å². The number of hydrogen-bond acceptors (Lipinski definition) is 1. The van der Waals surface area contributed by atoms with Gasteiger partial charge in [-0.2, -0.15) is 0 Å². The fourth-order valence-electron chi connectivity index (χ4n) is 2.15. The zero-order valence-corrected chi connectivity index (χ0v) is 9.47. The molecule has 0 bridgehead atoms. The van der Waals surface area contributed by atoms with Gasteiger partial charge in [0.15, 0.2) is 0 Å². The molecule has 1 aliphatic rings. The maximum Gasteiger partial charge on any atom is 0.126 e. The van der Waals surface area contributed by atoms with Crippen LogP contribution in [0.2, 0.25) is 0 Å². The molecule has 0 radical (unpaired) electrons. The first-order valence-electron chi connectivity index (χ1n) is 5.87. The van der Waals surface area contributed by atoms with Gasteiger partial charge in [-0.05, 0) is 36.5 Å². The van der Waals surface area contributed by atoms with Crippen molar-refractivity contribution in [2.24, 2.45) is 5.92 Å². The zero-order valence-electron chi connectivity index (χ0n) is 9.47. The first-order valence-corrected chi connectivity index (χ1v) is 5.87. The summed E-state index contributed by atoms with van der Waals surface area (Å²) in [6.45, 7) is 2.73.